The number of rotatable bonds is 5. The Bertz CT molecular complexity index is 1420. The second-order valence-corrected chi connectivity index (χ2v) is 11.5. The van der Waals surface area contributed by atoms with E-state index in [4.69, 9.17) is 9.72 Å². The minimum Gasteiger partial charge on any atom is -0.444 e. The van der Waals surface area contributed by atoms with Gasteiger partial charge < -0.3 is 24.0 Å². The number of Topliss-reactive ketones (excluding diaryl/α,β-unsaturated/α-hetero) is 1. The highest BCUT2D eigenvalue weighted by atomic mass is 16.6. The molecule has 9 nitrogen and oxygen atoms in total. The van der Waals surface area contributed by atoms with Crippen molar-refractivity contribution in [3.05, 3.63) is 53.7 Å². The quantitative estimate of drug-likeness (QED) is 0.430. The summed E-state index contributed by atoms with van der Waals surface area (Å²) in [6.07, 6.45) is 3.17. The van der Waals surface area contributed by atoms with Gasteiger partial charge in [0.2, 0.25) is 0 Å². The first-order chi connectivity index (χ1) is 18.5. The summed E-state index contributed by atoms with van der Waals surface area (Å²) in [6.45, 7) is 10.5. The van der Waals surface area contributed by atoms with Gasteiger partial charge in [0.15, 0.2) is 5.78 Å². The molecule has 1 saturated heterocycles. The van der Waals surface area contributed by atoms with Crippen LogP contribution in [0.15, 0.2) is 42.6 Å². The minimum absolute atomic E-state index is 0.0737. The van der Waals surface area contributed by atoms with Gasteiger partial charge in [0.1, 0.15) is 23.1 Å². The average Bonchev–Trinajstić information content (AvgIpc) is 3.24. The van der Waals surface area contributed by atoms with Crippen LogP contribution in [0.2, 0.25) is 0 Å². The van der Waals surface area contributed by atoms with Crippen LogP contribution in [-0.4, -0.2) is 71.2 Å². The lowest BCUT2D eigenvalue weighted by atomic mass is 9.85. The third-order valence-corrected chi connectivity index (χ3v) is 7.74. The summed E-state index contributed by atoms with van der Waals surface area (Å²) in [4.78, 5) is 35.4. The number of amides is 1. The van der Waals surface area contributed by atoms with Crippen LogP contribution in [-0.2, 0) is 4.74 Å². The van der Waals surface area contributed by atoms with Gasteiger partial charge in [0.05, 0.1) is 5.56 Å². The molecule has 1 aliphatic heterocycles. The smallest absolute Gasteiger partial charge is 0.410 e. The molecule has 0 bridgehead atoms. The molecule has 2 aliphatic rings. The number of pyridine rings is 1. The zero-order chi connectivity index (χ0) is 27.9. The van der Waals surface area contributed by atoms with Crippen LogP contribution in [0.25, 0.3) is 11.0 Å². The molecule has 0 spiro atoms. The zero-order valence-corrected chi connectivity index (χ0v) is 23.3. The number of ketones is 1. The second-order valence-electron chi connectivity index (χ2n) is 11.5. The van der Waals surface area contributed by atoms with Crippen molar-refractivity contribution in [3.8, 4) is 6.07 Å². The van der Waals surface area contributed by atoms with Gasteiger partial charge in [-0.3, -0.25) is 4.79 Å². The molecule has 0 atom stereocenters. The molecule has 9 heteroatoms. The van der Waals surface area contributed by atoms with Gasteiger partial charge in [0.25, 0.3) is 0 Å². The van der Waals surface area contributed by atoms with Crippen molar-refractivity contribution < 1.29 is 14.3 Å². The summed E-state index contributed by atoms with van der Waals surface area (Å²) in [6, 6.07) is 14.4. The first-order valence-electron chi connectivity index (χ1n) is 13.5. The molecular weight excluding hydrogens is 492 g/mol. The van der Waals surface area contributed by atoms with Gasteiger partial charge in [-0.2, -0.15) is 5.26 Å². The number of ether oxygens (including phenoxy) is 1. The van der Waals surface area contributed by atoms with Crippen molar-refractivity contribution >= 4 is 34.4 Å². The van der Waals surface area contributed by atoms with Crippen LogP contribution in [0, 0.1) is 11.3 Å². The Kier molecular flexibility index (Phi) is 6.98. The summed E-state index contributed by atoms with van der Waals surface area (Å²) in [5.74, 6) is 0.976. The van der Waals surface area contributed by atoms with E-state index < -0.39 is 5.60 Å². The fourth-order valence-electron chi connectivity index (χ4n) is 5.34. The monoisotopic (exact) mass is 528 g/mol. The van der Waals surface area contributed by atoms with Crippen molar-refractivity contribution in [2.24, 2.45) is 0 Å². The van der Waals surface area contributed by atoms with Crippen LogP contribution in [0.1, 0.15) is 62.5 Å². The standard InChI is InChI=1S/C30H36N6O3/c1-20(37)21-6-8-23(9-7-21)34-12-14-35(15-13-34)27-11-10-26-22(18-31)19-36(28(26)32-27)25-16-24(17-25)33(5)29(38)39-30(2,3)4/h6-11,19,24-25H,12-17H2,1-5H3/t24-,25-. The molecule has 1 amide bonds. The van der Waals surface area contributed by atoms with Gasteiger partial charge >= 0.3 is 6.09 Å². The predicted octanol–water partition coefficient (Wildman–Crippen LogP) is 5.01. The molecule has 204 valence electrons. The SMILES string of the molecule is CC(=O)c1ccc(N2CCN(c3ccc4c(C#N)cn([C@H]5C[C@H](N(C)C(=O)OC(C)(C)C)C5)c4n3)CC2)cc1. The third kappa shape index (κ3) is 5.42. The molecule has 39 heavy (non-hydrogen) atoms. The van der Waals surface area contributed by atoms with E-state index >= 15 is 0 Å². The molecule has 5 rings (SSSR count). The van der Waals surface area contributed by atoms with Gasteiger partial charge in [-0.25, -0.2) is 9.78 Å². The number of nitriles is 1. The number of anilines is 2. The Morgan fingerprint density at radius 1 is 1.03 bits per heavy atom. The maximum Gasteiger partial charge on any atom is 0.410 e. The Morgan fingerprint density at radius 2 is 1.67 bits per heavy atom. The Morgan fingerprint density at radius 3 is 2.26 bits per heavy atom. The summed E-state index contributed by atoms with van der Waals surface area (Å²) in [5.41, 5.74) is 2.75. The molecule has 0 radical (unpaired) electrons. The topological polar surface area (TPSA) is 94.7 Å². The van der Waals surface area contributed by atoms with Gasteiger partial charge in [0, 0.05) is 68.1 Å². The van der Waals surface area contributed by atoms with E-state index in [1.165, 1.54) is 0 Å². The molecular formula is C30H36N6O3. The second kappa shape index (κ2) is 10.3. The zero-order valence-electron chi connectivity index (χ0n) is 23.3. The van der Waals surface area contributed by atoms with Crippen molar-refractivity contribution in [1.29, 1.82) is 5.26 Å². The number of hydrogen-bond acceptors (Lipinski definition) is 7. The summed E-state index contributed by atoms with van der Waals surface area (Å²) >= 11 is 0. The van der Waals surface area contributed by atoms with Gasteiger partial charge in [-0.1, -0.05) is 0 Å². The Labute approximate surface area is 229 Å². The van der Waals surface area contributed by atoms with E-state index in [0.29, 0.717) is 5.56 Å². The highest BCUT2D eigenvalue weighted by Crippen LogP contribution is 2.39. The third-order valence-electron chi connectivity index (χ3n) is 7.74. The van der Waals surface area contributed by atoms with Crippen molar-refractivity contribution in [1.82, 2.24) is 14.5 Å². The van der Waals surface area contributed by atoms with Crippen molar-refractivity contribution in [2.75, 3.05) is 43.0 Å². The number of hydrogen-bond donors (Lipinski definition) is 0. The van der Waals surface area contributed by atoms with Crippen LogP contribution >= 0.6 is 0 Å². The number of carbonyl (C=O) groups excluding carboxylic acids is 2. The van der Waals surface area contributed by atoms with E-state index in [1.54, 1.807) is 18.9 Å². The van der Waals surface area contributed by atoms with Crippen molar-refractivity contribution in [2.45, 2.75) is 58.2 Å². The highest BCUT2D eigenvalue weighted by Gasteiger charge is 2.38. The maximum absolute atomic E-state index is 12.5. The number of piperazine rings is 1. The number of nitrogens with zero attached hydrogens (tertiary/aromatic N) is 6. The van der Waals surface area contributed by atoms with E-state index in [-0.39, 0.29) is 24.0 Å². The van der Waals surface area contributed by atoms with Crippen LogP contribution in [0.4, 0.5) is 16.3 Å². The Hall–Kier alpha value is -4.06. The first-order valence-corrected chi connectivity index (χ1v) is 13.5. The molecule has 1 aromatic carbocycles. The van der Waals surface area contributed by atoms with E-state index in [2.05, 4.69) is 20.4 Å². The molecule has 3 heterocycles. The first kappa shape index (κ1) is 26.5. The summed E-state index contributed by atoms with van der Waals surface area (Å²) in [5, 5.41) is 10.6. The number of benzene rings is 1. The molecule has 3 aromatic rings. The highest BCUT2D eigenvalue weighted by molar-refractivity contribution is 5.94. The van der Waals surface area contributed by atoms with Crippen LogP contribution in [0.3, 0.4) is 0 Å². The fourth-order valence-corrected chi connectivity index (χ4v) is 5.34. The Balaban J connectivity index is 1.28. The van der Waals surface area contributed by atoms with Gasteiger partial charge in [-0.05, 0) is 76.9 Å². The average molecular weight is 529 g/mol. The lowest BCUT2D eigenvalue weighted by Crippen LogP contribution is -2.47. The lowest BCUT2D eigenvalue weighted by Gasteiger charge is -2.42. The minimum atomic E-state index is -0.529. The summed E-state index contributed by atoms with van der Waals surface area (Å²) < 4.78 is 7.64. The van der Waals surface area contributed by atoms with Crippen LogP contribution < -0.4 is 9.80 Å². The number of carbonyl (C=O) groups is 2. The molecule has 1 saturated carbocycles. The van der Waals surface area contributed by atoms with Crippen molar-refractivity contribution in [3.63, 3.8) is 0 Å². The summed E-state index contributed by atoms with van der Waals surface area (Å²) in [7, 11) is 1.79. The fraction of sp³-hybridized carbons (Fsp3) is 0.467. The predicted molar refractivity (Wildman–Crippen MR) is 151 cm³/mol. The van der Waals surface area contributed by atoms with E-state index in [9.17, 15) is 14.9 Å². The largest absolute Gasteiger partial charge is 0.444 e. The van der Waals surface area contributed by atoms with Crippen LogP contribution in [0.5, 0.6) is 0 Å². The number of aromatic nitrogens is 2. The maximum atomic E-state index is 12.5. The van der Waals surface area contributed by atoms with E-state index in [1.807, 2.05) is 63.4 Å². The molecule has 2 aromatic heterocycles. The van der Waals surface area contributed by atoms with E-state index in [0.717, 1.165) is 67.1 Å². The molecule has 2 fully saturated rings. The lowest BCUT2D eigenvalue weighted by molar-refractivity contribution is 0.00808. The normalized spacial score (nSPS) is 19.4. The molecule has 0 N–H and O–H groups in total. The molecule has 0 unspecified atom stereocenters. The molecule has 1 aliphatic carbocycles. The van der Waals surface area contributed by atoms with Gasteiger partial charge in [-0.15, -0.1) is 0 Å². The number of fused-ring (bicyclic) bond motifs is 1.